The number of rotatable bonds is 2. The normalized spacial score (nSPS) is 15.9. The lowest BCUT2D eigenvalue weighted by atomic mass is 9.96. The van der Waals surface area contributed by atoms with Crippen LogP contribution >= 0.6 is 58.0 Å². The number of hydrogen-bond acceptors (Lipinski definition) is 2. The van der Waals surface area contributed by atoms with E-state index >= 15 is 0 Å². The minimum absolute atomic E-state index is 0.00630. The van der Waals surface area contributed by atoms with E-state index in [1.165, 1.54) is 6.42 Å². The van der Waals surface area contributed by atoms with Gasteiger partial charge in [-0.1, -0.05) is 77.3 Å². The lowest BCUT2D eigenvalue weighted by Gasteiger charge is -2.22. The highest BCUT2D eigenvalue weighted by Gasteiger charge is 2.24. The van der Waals surface area contributed by atoms with Crippen LogP contribution in [0.4, 0.5) is 4.79 Å². The van der Waals surface area contributed by atoms with E-state index < -0.39 is 6.09 Å². The van der Waals surface area contributed by atoms with Gasteiger partial charge in [0.2, 0.25) is 0 Å². The van der Waals surface area contributed by atoms with Gasteiger partial charge < -0.3 is 10.1 Å². The van der Waals surface area contributed by atoms with Crippen molar-refractivity contribution in [1.29, 1.82) is 0 Å². The number of amides is 1. The van der Waals surface area contributed by atoms with Crippen LogP contribution in [0.1, 0.15) is 32.1 Å². The quantitative estimate of drug-likeness (QED) is 0.469. The van der Waals surface area contributed by atoms with Crippen molar-refractivity contribution in [3.05, 3.63) is 25.1 Å². The Morgan fingerprint density at radius 2 is 1.33 bits per heavy atom. The monoisotopic (exact) mass is 389 g/mol. The Hall–Kier alpha value is -0.0600. The number of ether oxygens (including phenoxy) is 1. The molecule has 21 heavy (non-hydrogen) atoms. The summed E-state index contributed by atoms with van der Waals surface area (Å²) in [6, 6.07) is 0.0991. The van der Waals surface area contributed by atoms with E-state index in [0.29, 0.717) is 0 Å². The lowest BCUT2D eigenvalue weighted by molar-refractivity contribution is 0.192. The molecule has 1 amide bonds. The van der Waals surface area contributed by atoms with Crippen molar-refractivity contribution in [3.8, 4) is 5.75 Å². The first-order valence-electron chi connectivity index (χ1n) is 6.41. The zero-order chi connectivity index (χ0) is 15.6. The highest BCUT2D eigenvalue weighted by molar-refractivity contribution is 6.55. The summed E-state index contributed by atoms with van der Waals surface area (Å²) in [7, 11) is 0. The van der Waals surface area contributed by atoms with Crippen LogP contribution in [-0.2, 0) is 0 Å². The highest BCUT2D eigenvalue weighted by Crippen LogP contribution is 2.48. The molecule has 0 aromatic heterocycles. The van der Waals surface area contributed by atoms with Gasteiger partial charge in [0.15, 0.2) is 5.75 Å². The lowest BCUT2D eigenvalue weighted by Crippen LogP contribution is -2.38. The van der Waals surface area contributed by atoms with E-state index in [1.807, 2.05) is 0 Å². The average molecular weight is 392 g/mol. The topological polar surface area (TPSA) is 38.3 Å². The Labute approximate surface area is 147 Å². The first kappa shape index (κ1) is 17.3. The molecule has 1 saturated carbocycles. The molecule has 1 aliphatic rings. The second-order valence-corrected chi connectivity index (χ2v) is 6.66. The largest absolute Gasteiger partial charge is 0.412 e. The molecule has 0 heterocycles. The van der Waals surface area contributed by atoms with Gasteiger partial charge in [-0.15, -0.1) is 0 Å². The molecule has 0 aliphatic heterocycles. The summed E-state index contributed by atoms with van der Waals surface area (Å²) >= 11 is 29.7. The molecule has 0 unspecified atom stereocenters. The van der Waals surface area contributed by atoms with Crippen LogP contribution in [0.5, 0.6) is 5.75 Å². The molecule has 0 bridgehead atoms. The minimum atomic E-state index is -0.639. The van der Waals surface area contributed by atoms with Crippen LogP contribution in [0.2, 0.25) is 25.1 Å². The van der Waals surface area contributed by atoms with E-state index in [-0.39, 0.29) is 36.9 Å². The first-order valence-corrected chi connectivity index (χ1v) is 8.30. The minimum Gasteiger partial charge on any atom is -0.407 e. The van der Waals surface area contributed by atoms with Gasteiger partial charge in [0.05, 0.1) is 15.1 Å². The van der Waals surface area contributed by atoms with E-state index in [2.05, 4.69) is 5.32 Å². The molecule has 1 aromatic carbocycles. The zero-order valence-corrected chi connectivity index (χ0v) is 14.6. The third kappa shape index (κ3) is 4.02. The van der Waals surface area contributed by atoms with E-state index in [4.69, 9.17) is 62.7 Å². The smallest absolute Gasteiger partial charge is 0.407 e. The molecule has 0 saturated heterocycles. The molecule has 1 fully saturated rings. The van der Waals surface area contributed by atoms with Crippen molar-refractivity contribution >= 4 is 64.1 Å². The van der Waals surface area contributed by atoms with Crippen LogP contribution in [-0.4, -0.2) is 12.1 Å². The maximum absolute atomic E-state index is 11.9. The van der Waals surface area contributed by atoms with E-state index in [9.17, 15) is 4.79 Å². The summed E-state index contributed by atoms with van der Waals surface area (Å²) in [5.74, 6) is -0.0916. The highest BCUT2D eigenvalue weighted by atomic mass is 35.5. The fourth-order valence-corrected chi connectivity index (χ4v) is 3.41. The maximum atomic E-state index is 11.9. The van der Waals surface area contributed by atoms with Crippen molar-refractivity contribution in [2.24, 2.45) is 0 Å². The molecular weight excluding hydrogens is 379 g/mol. The van der Waals surface area contributed by atoms with Crippen molar-refractivity contribution in [2.45, 2.75) is 38.1 Å². The summed E-state index contributed by atoms with van der Waals surface area (Å²) in [6.45, 7) is 0. The molecule has 0 spiro atoms. The van der Waals surface area contributed by atoms with E-state index in [1.54, 1.807) is 0 Å². The number of carbonyl (C=O) groups is 1. The molecule has 8 heteroatoms. The number of halogens is 5. The summed E-state index contributed by atoms with van der Waals surface area (Å²) < 4.78 is 5.15. The Morgan fingerprint density at radius 3 is 1.86 bits per heavy atom. The van der Waals surface area contributed by atoms with Crippen LogP contribution in [0.25, 0.3) is 0 Å². The molecule has 3 nitrogen and oxygen atoms in total. The van der Waals surface area contributed by atoms with Gasteiger partial charge in [-0.2, -0.15) is 0 Å². The SMILES string of the molecule is O=C(NC1CCCCC1)Oc1c(Cl)c(Cl)c(Cl)c(Cl)c1Cl. The van der Waals surface area contributed by atoms with Crippen LogP contribution in [0.3, 0.4) is 0 Å². The fraction of sp³-hybridized carbons (Fsp3) is 0.462. The Morgan fingerprint density at radius 1 is 0.857 bits per heavy atom. The van der Waals surface area contributed by atoms with Crippen molar-refractivity contribution < 1.29 is 9.53 Å². The number of hydrogen-bond donors (Lipinski definition) is 1. The predicted octanol–water partition coefficient (Wildman–Crippen LogP) is 6.37. The zero-order valence-electron chi connectivity index (χ0n) is 10.8. The van der Waals surface area contributed by atoms with Gasteiger partial charge in [-0.3, -0.25) is 0 Å². The second-order valence-electron chi connectivity index (χ2n) is 4.77. The number of nitrogens with one attached hydrogen (secondary N) is 1. The Kier molecular flexibility index (Phi) is 6.15. The molecule has 1 aromatic rings. The van der Waals surface area contributed by atoms with Crippen molar-refractivity contribution in [3.63, 3.8) is 0 Å². The van der Waals surface area contributed by atoms with Gasteiger partial charge in [0, 0.05) is 6.04 Å². The molecule has 0 radical (unpaired) electrons. The Bertz CT molecular complexity index is 529. The van der Waals surface area contributed by atoms with Gasteiger partial charge in [-0.05, 0) is 12.8 Å². The molecule has 1 aliphatic carbocycles. The van der Waals surface area contributed by atoms with Crippen molar-refractivity contribution in [1.82, 2.24) is 5.32 Å². The predicted molar refractivity (Wildman–Crippen MR) is 87.5 cm³/mol. The number of benzene rings is 1. The molecular formula is C13H12Cl5NO2. The second kappa shape index (κ2) is 7.47. The van der Waals surface area contributed by atoms with Gasteiger partial charge in [0.1, 0.15) is 10.0 Å². The summed E-state index contributed by atoms with van der Waals surface area (Å²) in [5, 5.41) is 2.69. The Balaban J connectivity index is 2.13. The van der Waals surface area contributed by atoms with Crippen LogP contribution in [0.15, 0.2) is 0 Å². The molecule has 0 atom stereocenters. The average Bonchev–Trinajstić information content (AvgIpc) is 2.48. The first-order chi connectivity index (χ1) is 9.91. The third-order valence-corrected chi connectivity index (χ3v) is 5.53. The third-order valence-electron chi connectivity index (χ3n) is 3.29. The molecule has 116 valence electrons. The van der Waals surface area contributed by atoms with Gasteiger partial charge >= 0.3 is 6.09 Å². The summed E-state index contributed by atoms with van der Waals surface area (Å²) in [5.41, 5.74) is 0. The summed E-state index contributed by atoms with van der Waals surface area (Å²) in [6.07, 6.45) is 4.58. The maximum Gasteiger partial charge on any atom is 0.412 e. The van der Waals surface area contributed by atoms with Gasteiger partial charge in [0.25, 0.3) is 0 Å². The summed E-state index contributed by atoms with van der Waals surface area (Å²) in [4.78, 5) is 11.9. The van der Waals surface area contributed by atoms with Crippen LogP contribution < -0.4 is 10.1 Å². The molecule has 1 N–H and O–H groups in total. The van der Waals surface area contributed by atoms with Crippen molar-refractivity contribution in [2.75, 3.05) is 0 Å². The fourth-order valence-electron chi connectivity index (χ4n) is 2.21. The van der Waals surface area contributed by atoms with E-state index in [0.717, 1.165) is 25.7 Å². The van der Waals surface area contributed by atoms with Crippen LogP contribution in [0, 0.1) is 0 Å². The number of carbonyl (C=O) groups excluding carboxylic acids is 1. The standard InChI is InChI=1S/C13H12Cl5NO2/c14-7-8(15)10(17)12(11(18)9(7)16)21-13(20)19-6-4-2-1-3-5-6/h6H,1-5H2,(H,19,20). The molecule has 2 rings (SSSR count). The van der Waals surface area contributed by atoms with Gasteiger partial charge in [-0.25, -0.2) is 4.79 Å².